The fourth-order valence-electron chi connectivity index (χ4n) is 3.66. The number of carbonyl (C=O) groups excluding carboxylic acids is 1. The number of pyridine rings is 1. The second-order valence-corrected chi connectivity index (χ2v) is 8.49. The molecule has 1 aliphatic carbocycles. The third kappa shape index (κ3) is 4.70. The minimum atomic E-state index is -0.839. The number of fused-ring (bicyclic) bond motifs is 1. The Labute approximate surface area is 179 Å². The molecular formula is C23H28F2N2O4. The standard InChI is InChI=1S/C23H28F2N2O4/c1-6-27-12-16(22(29)30-7-2)21(28)15-11-17(24)18(19(25)20(15)27)13-8-9-14(10-13)26-31-23(3,4)5/h10-12,14,26H,6-9H2,1-5H3. The Morgan fingerprint density at radius 3 is 2.61 bits per heavy atom. The van der Waals surface area contributed by atoms with E-state index in [-0.39, 0.29) is 41.2 Å². The Balaban J connectivity index is 2.11. The number of hydroxylamine groups is 1. The second-order valence-electron chi connectivity index (χ2n) is 8.49. The van der Waals surface area contributed by atoms with E-state index in [1.165, 1.54) is 10.8 Å². The number of hydrogen-bond acceptors (Lipinski definition) is 5. The molecule has 0 aliphatic heterocycles. The first-order valence-electron chi connectivity index (χ1n) is 10.4. The highest BCUT2D eigenvalue weighted by atomic mass is 19.1. The maximum absolute atomic E-state index is 15.6. The number of rotatable bonds is 6. The normalized spacial score (nSPS) is 16.6. The van der Waals surface area contributed by atoms with Gasteiger partial charge in [-0.25, -0.2) is 13.6 Å². The zero-order chi connectivity index (χ0) is 22.9. The highest BCUT2D eigenvalue weighted by Crippen LogP contribution is 2.34. The molecule has 1 N–H and O–H groups in total. The van der Waals surface area contributed by atoms with Crippen molar-refractivity contribution >= 4 is 22.4 Å². The smallest absolute Gasteiger partial charge is 0.343 e. The quantitative estimate of drug-likeness (QED) is 0.541. The van der Waals surface area contributed by atoms with E-state index in [4.69, 9.17) is 9.57 Å². The minimum absolute atomic E-state index is 0.0276. The zero-order valence-corrected chi connectivity index (χ0v) is 18.5. The lowest BCUT2D eigenvalue weighted by Gasteiger charge is -2.21. The number of benzene rings is 1. The second kappa shape index (κ2) is 8.88. The number of aryl methyl sites for hydroxylation is 1. The van der Waals surface area contributed by atoms with Crippen molar-refractivity contribution in [3.8, 4) is 0 Å². The molecule has 0 saturated carbocycles. The summed E-state index contributed by atoms with van der Waals surface area (Å²) in [4.78, 5) is 30.5. The van der Waals surface area contributed by atoms with Gasteiger partial charge in [0.25, 0.3) is 0 Å². The van der Waals surface area contributed by atoms with Crippen LogP contribution in [0.5, 0.6) is 0 Å². The van der Waals surface area contributed by atoms with Crippen molar-refractivity contribution in [3.05, 3.63) is 51.3 Å². The average molecular weight is 434 g/mol. The molecule has 168 valence electrons. The van der Waals surface area contributed by atoms with Gasteiger partial charge in [-0.15, -0.1) is 0 Å². The molecule has 0 bridgehead atoms. The van der Waals surface area contributed by atoms with Gasteiger partial charge in [0.2, 0.25) is 5.43 Å². The van der Waals surface area contributed by atoms with Crippen LogP contribution in [0, 0.1) is 11.6 Å². The van der Waals surface area contributed by atoms with E-state index >= 15 is 8.78 Å². The molecule has 3 rings (SSSR count). The first-order chi connectivity index (χ1) is 14.6. The summed E-state index contributed by atoms with van der Waals surface area (Å²) in [5.41, 5.74) is 1.87. The van der Waals surface area contributed by atoms with Gasteiger partial charge < -0.3 is 9.30 Å². The zero-order valence-electron chi connectivity index (χ0n) is 18.5. The van der Waals surface area contributed by atoms with Gasteiger partial charge >= 0.3 is 5.97 Å². The summed E-state index contributed by atoms with van der Waals surface area (Å²) in [6.07, 6.45) is 4.12. The number of carbonyl (C=O) groups is 1. The first-order valence-corrected chi connectivity index (χ1v) is 10.4. The molecular weight excluding hydrogens is 406 g/mol. The van der Waals surface area contributed by atoms with E-state index < -0.39 is 28.6 Å². The third-order valence-electron chi connectivity index (χ3n) is 5.05. The van der Waals surface area contributed by atoms with Crippen LogP contribution in [-0.4, -0.2) is 28.8 Å². The van der Waals surface area contributed by atoms with Crippen LogP contribution in [-0.2, 0) is 16.1 Å². The van der Waals surface area contributed by atoms with E-state index in [2.05, 4.69) is 5.48 Å². The van der Waals surface area contributed by atoms with Crippen molar-refractivity contribution in [1.29, 1.82) is 0 Å². The summed E-state index contributed by atoms with van der Waals surface area (Å²) in [7, 11) is 0. The molecule has 0 fully saturated rings. The Morgan fingerprint density at radius 2 is 2.00 bits per heavy atom. The van der Waals surface area contributed by atoms with Crippen LogP contribution < -0.4 is 10.9 Å². The lowest BCUT2D eigenvalue weighted by molar-refractivity contribution is -0.0819. The summed E-state index contributed by atoms with van der Waals surface area (Å²) in [5.74, 6) is -2.46. The summed E-state index contributed by atoms with van der Waals surface area (Å²) in [6.45, 7) is 9.44. The largest absolute Gasteiger partial charge is 0.462 e. The predicted octanol–water partition coefficient (Wildman–Crippen LogP) is 4.34. The van der Waals surface area contributed by atoms with Gasteiger partial charge in [0, 0.05) is 12.7 Å². The number of hydrogen-bond donors (Lipinski definition) is 1. The van der Waals surface area contributed by atoms with Gasteiger partial charge in [-0.2, -0.15) is 5.48 Å². The summed E-state index contributed by atoms with van der Waals surface area (Å²) in [5, 5.41) is -0.185. The van der Waals surface area contributed by atoms with Crippen molar-refractivity contribution in [2.75, 3.05) is 6.61 Å². The Kier molecular flexibility index (Phi) is 6.62. The lowest BCUT2D eigenvalue weighted by Crippen LogP contribution is -2.34. The maximum atomic E-state index is 15.6. The minimum Gasteiger partial charge on any atom is -0.462 e. The molecule has 0 amide bonds. The Bertz CT molecular complexity index is 1100. The van der Waals surface area contributed by atoms with Gasteiger partial charge in [-0.3, -0.25) is 9.63 Å². The predicted molar refractivity (Wildman–Crippen MR) is 115 cm³/mol. The number of halogens is 2. The Morgan fingerprint density at radius 1 is 1.29 bits per heavy atom. The van der Waals surface area contributed by atoms with Crippen molar-refractivity contribution in [3.63, 3.8) is 0 Å². The van der Waals surface area contributed by atoms with Crippen LogP contribution in [0.15, 0.2) is 23.1 Å². The molecule has 31 heavy (non-hydrogen) atoms. The SMILES string of the molecule is CCOC(=O)c1cn(CC)c2c(F)c(C3=CC(NOC(C)(C)C)CC3)c(F)cc2c1=O. The van der Waals surface area contributed by atoms with Crippen molar-refractivity contribution in [2.45, 2.75) is 65.6 Å². The van der Waals surface area contributed by atoms with Crippen LogP contribution in [0.2, 0.25) is 0 Å². The fourth-order valence-corrected chi connectivity index (χ4v) is 3.66. The summed E-state index contributed by atoms with van der Waals surface area (Å²) in [6, 6.07) is 0.835. The topological polar surface area (TPSA) is 69.6 Å². The molecule has 1 aliphatic rings. The average Bonchev–Trinajstić information content (AvgIpc) is 3.15. The molecule has 0 spiro atoms. The van der Waals surface area contributed by atoms with Crippen LogP contribution in [0.3, 0.4) is 0 Å². The Hall–Kier alpha value is -2.58. The number of nitrogens with zero attached hydrogens (tertiary/aromatic N) is 1. The van der Waals surface area contributed by atoms with E-state index in [1.54, 1.807) is 19.9 Å². The number of aromatic nitrogens is 1. The van der Waals surface area contributed by atoms with Crippen molar-refractivity contribution in [1.82, 2.24) is 10.0 Å². The molecule has 1 aromatic carbocycles. The van der Waals surface area contributed by atoms with Crippen molar-refractivity contribution in [2.24, 2.45) is 0 Å². The molecule has 8 heteroatoms. The monoisotopic (exact) mass is 434 g/mol. The van der Waals surface area contributed by atoms with Gasteiger partial charge in [-0.1, -0.05) is 6.08 Å². The van der Waals surface area contributed by atoms with Crippen LogP contribution in [0.25, 0.3) is 16.5 Å². The highest BCUT2D eigenvalue weighted by Gasteiger charge is 2.27. The maximum Gasteiger partial charge on any atom is 0.343 e. The number of nitrogens with one attached hydrogen (secondary N) is 1. The summed E-state index contributed by atoms with van der Waals surface area (Å²) >= 11 is 0. The molecule has 1 atom stereocenters. The van der Waals surface area contributed by atoms with E-state index in [1.807, 2.05) is 20.8 Å². The molecule has 0 saturated heterocycles. The molecule has 1 unspecified atom stereocenters. The van der Waals surface area contributed by atoms with Gasteiger partial charge in [-0.05, 0) is 59.1 Å². The van der Waals surface area contributed by atoms with E-state index in [0.717, 1.165) is 6.07 Å². The number of allylic oxidation sites excluding steroid dienone is 1. The van der Waals surface area contributed by atoms with Gasteiger partial charge in [0.05, 0.1) is 34.7 Å². The number of esters is 1. The number of ether oxygens (including phenoxy) is 1. The molecule has 1 aromatic heterocycles. The van der Waals surface area contributed by atoms with E-state index in [9.17, 15) is 9.59 Å². The van der Waals surface area contributed by atoms with Crippen molar-refractivity contribution < 1.29 is 23.1 Å². The molecule has 0 radical (unpaired) electrons. The molecule has 1 heterocycles. The fraction of sp³-hybridized carbons (Fsp3) is 0.478. The van der Waals surface area contributed by atoms with Gasteiger partial charge in [0.1, 0.15) is 11.4 Å². The van der Waals surface area contributed by atoms with Crippen LogP contribution in [0.4, 0.5) is 8.78 Å². The molecule has 6 nitrogen and oxygen atoms in total. The van der Waals surface area contributed by atoms with Gasteiger partial charge in [0.15, 0.2) is 5.82 Å². The molecule has 2 aromatic rings. The highest BCUT2D eigenvalue weighted by molar-refractivity contribution is 5.95. The summed E-state index contributed by atoms with van der Waals surface area (Å²) < 4.78 is 37.0. The van der Waals surface area contributed by atoms with Crippen LogP contribution >= 0.6 is 0 Å². The first kappa shape index (κ1) is 23.1. The lowest BCUT2D eigenvalue weighted by atomic mass is 10.00. The van der Waals surface area contributed by atoms with Crippen LogP contribution in [0.1, 0.15) is 63.4 Å². The third-order valence-corrected chi connectivity index (χ3v) is 5.05. The van der Waals surface area contributed by atoms with E-state index in [0.29, 0.717) is 18.4 Å².